The largest absolute Gasteiger partial charge is 0.480 e. The Kier molecular flexibility index (Phi) is 7.26. The number of hydrogen-bond acceptors (Lipinski definition) is 6. The highest BCUT2D eigenvalue weighted by molar-refractivity contribution is 7.80. The quantitative estimate of drug-likeness (QED) is 0.270. The van der Waals surface area contributed by atoms with E-state index < -0.39 is 36.5 Å². The molecule has 0 aromatic rings. The molecule has 0 aliphatic heterocycles. The van der Waals surface area contributed by atoms with E-state index in [9.17, 15) is 14.4 Å². The van der Waals surface area contributed by atoms with Gasteiger partial charge in [0.15, 0.2) is 0 Å². The van der Waals surface area contributed by atoms with Crippen LogP contribution in [-0.2, 0) is 14.4 Å². The summed E-state index contributed by atoms with van der Waals surface area (Å²) < 4.78 is 0. The van der Waals surface area contributed by atoms with Crippen LogP contribution in [0, 0.1) is 0 Å². The zero-order valence-corrected chi connectivity index (χ0v) is 9.81. The second kappa shape index (κ2) is 7.87. The van der Waals surface area contributed by atoms with E-state index >= 15 is 0 Å². The number of carbonyl (C=O) groups excluding carboxylic acids is 2. The van der Waals surface area contributed by atoms with Crippen molar-refractivity contribution in [2.75, 3.05) is 18.9 Å². The molecule has 0 spiro atoms. The highest BCUT2D eigenvalue weighted by atomic mass is 32.1. The standard InChI is InChI=1S/C8H15N3O5S/c9-1-6(13)10-5(3-17)7(14)11-4(2-12)8(15)16/h4-5,12,17H,1-3,9H2,(H,10,13)(H,11,14)(H,15,16). The number of carbonyl (C=O) groups is 3. The van der Waals surface area contributed by atoms with E-state index in [2.05, 4.69) is 23.3 Å². The molecule has 2 amide bonds. The lowest BCUT2D eigenvalue weighted by Crippen LogP contribution is -2.54. The molecule has 0 rings (SSSR count). The monoisotopic (exact) mass is 265 g/mol. The average Bonchev–Trinajstić information content (AvgIpc) is 2.31. The molecule has 0 bridgehead atoms. The van der Waals surface area contributed by atoms with Crippen molar-refractivity contribution in [3.8, 4) is 0 Å². The van der Waals surface area contributed by atoms with Crippen LogP contribution in [0.5, 0.6) is 0 Å². The van der Waals surface area contributed by atoms with Gasteiger partial charge in [-0.05, 0) is 0 Å². The third-order valence-corrected chi connectivity index (χ3v) is 2.18. The van der Waals surface area contributed by atoms with Crippen LogP contribution in [0.3, 0.4) is 0 Å². The number of hydrogen-bond donors (Lipinski definition) is 6. The van der Waals surface area contributed by atoms with E-state index in [1.165, 1.54) is 0 Å². The molecule has 6 N–H and O–H groups in total. The first-order valence-corrected chi connectivity index (χ1v) is 5.33. The smallest absolute Gasteiger partial charge is 0.328 e. The summed E-state index contributed by atoms with van der Waals surface area (Å²) in [5, 5.41) is 21.6. The molecule has 0 aliphatic carbocycles. The summed E-state index contributed by atoms with van der Waals surface area (Å²) in [4.78, 5) is 33.0. The zero-order chi connectivity index (χ0) is 13.4. The number of nitrogens with one attached hydrogen (secondary N) is 2. The van der Waals surface area contributed by atoms with Gasteiger partial charge in [-0.15, -0.1) is 0 Å². The third kappa shape index (κ3) is 5.52. The van der Waals surface area contributed by atoms with Crippen molar-refractivity contribution < 1.29 is 24.6 Å². The Morgan fingerprint density at radius 2 is 1.82 bits per heavy atom. The van der Waals surface area contributed by atoms with E-state index in [1.807, 2.05) is 0 Å². The van der Waals surface area contributed by atoms with Gasteiger partial charge in [0.1, 0.15) is 12.1 Å². The lowest BCUT2D eigenvalue weighted by Gasteiger charge is -2.18. The van der Waals surface area contributed by atoms with E-state index in [-0.39, 0.29) is 12.3 Å². The lowest BCUT2D eigenvalue weighted by molar-refractivity contribution is -0.143. The van der Waals surface area contributed by atoms with Gasteiger partial charge in [0, 0.05) is 5.75 Å². The number of nitrogens with two attached hydrogens (primary N) is 1. The van der Waals surface area contributed by atoms with Crippen molar-refractivity contribution in [1.82, 2.24) is 10.6 Å². The van der Waals surface area contributed by atoms with Crippen LogP contribution in [0.4, 0.5) is 0 Å². The summed E-state index contributed by atoms with van der Waals surface area (Å²) in [5.74, 6) is -2.70. The summed E-state index contributed by atoms with van der Waals surface area (Å²) in [5.41, 5.74) is 5.05. The van der Waals surface area contributed by atoms with Crippen LogP contribution in [0.1, 0.15) is 0 Å². The predicted molar refractivity (Wildman–Crippen MR) is 61.5 cm³/mol. The van der Waals surface area contributed by atoms with Gasteiger partial charge in [0.25, 0.3) is 0 Å². The van der Waals surface area contributed by atoms with Crippen LogP contribution in [0.15, 0.2) is 0 Å². The van der Waals surface area contributed by atoms with Gasteiger partial charge in [0.2, 0.25) is 11.8 Å². The van der Waals surface area contributed by atoms with Crippen molar-refractivity contribution in [2.24, 2.45) is 5.73 Å². The van der Waals surface area contributed by atoms with Gasteiger partial charge in [0.05, 0.1) is 13.2 Å². The number of carboxylic acids is 1. The van der Waals surface area contributed by atoms with Gasteiger partial charge in [-0.25, -0.2) is 4.79 Å². The highest BCUT2D eigenvalue weighted by Crippen LogP contribution is 1.91. The molecule has 0 aromatic carbocycles. The summed E-state index contributed by atoms with van der Waals surface area (Å²) in [7, 11) is 0. The molecule has 0 radical (unpaired) electrons. The van der Waals surface area contributed by atoms with Crippen molar-refractivity contribution in [3.63, 3.8) is 0 Å². The molecule has 0 saturated heterocycles. The Balaban J connectivity index is 4.43. The Labute approximate surface area is 103 Å². The van der Waals surface area contributed by atoms with Gasteiger partial charge < -0.3 is 26.6 Å². The fourth-order valence-electron chi connectivity index (χ4n) is 0.905. The molecule has 8 nitrogen and oxygen atoms in total. The maximum Gasteiger partial charge on any atom is 0.328 e. The normalized spacial score (nSPS) is 13.6. The predicted octanol–water partition coefficient (Wildman–Crippen LogP) is -3.08. The highest BCUT2D eigenvalue weighted by Gasteiger charge is 2.24. The van der Waals surface area contributed by atoms with E-state index in [0.29, 0.717) is 0 Å². The minimum atomic E-state index is -1.42. The van der Waals surface area contributed by atoms with Gasteiger partial charge in [-0.3, -0.25) is 9.59 Å². The first-order valence-electron chi connectivity index (χ1n) is 4.70. The Morgan fingerprint density at radius 1 is 1.24 bits per heavy atom. The zero-order valence-electron chi connectivity index (χ0n) is 8.92. The molecular formula is C8H15N3O5S. The minimum Gasteiger partial charge on any atom is -0.480 e. The molecule has 0 aliphatic rings. The minimum absolute atomic E-state index is 0.0185. The molecular weight excluding hydrogens is 250 g/mol. The van der Waals surface area contributed by atoms with E-state index in [0.717, 1.165) is 0 Å². The Morgan fingerprint density at radius 3 is 2.18 bits per heavy atom. The number of rotatable bonds is 7. The van der Waals surface area contributed by atoms with Crippen molar-refractivity contribution in [3.05, 3.63) is 0 Å². The van der Waals surface area contributed by atoms with Crippen LogP contribution in [0.2, 0.25) is 0 Å². The molecule has 98 valence electrons. The maximum atomic E-state index is 11.5. The second-order valence-electron chi connectivity index (χ2n) is 3.09. The van der Waals surface area contributed by atoms with Crippen LogP contribution in [0.25, 0.3) is 0 Å². The first-order chi connectivity index (χ1) is 7.96. The van der Waals surface area contributed by atoms with Crippen molar-refractivity contribution in [2.45, 2.75) is 12.1 Å². The number of aliphatic hydroxyl groups is 1. The second-order valence-corrected chi connectivity index (χ2v) is 3.45. The van der Waals surface area contributed by atoms with Crippen LogP contribution in [-0.4, -0.2) is 59.0 Å². The molecule has 0 fully saturated rings. The van der Waals surface area contributed by atoms with E-state index in [1.54, 1.807) is 0 Å². The molecule has 0 saturated carbocycles. The summed E-state index contributed by atoms with van der Waals surface area (Å²) >= 11 is 3.85. The lowest BCUT2D eigenvalue weighted by atomic mass is 10.2. The molecule has 0 aromatic heterocycles. The van der Waals surface area contributed by atoms with Gasteiger partial charge >= 0.3 is 5.97 Å². The average molecular weight is 265 g/mol. The third-order valence-electron chi connectivity index (χ3n) is 1.82. The van der Waals surface area contributed by atoms with Gasteiger partial charge in [-0.2, -0.15) is 12.6 Å². The molecule has 9 heteroatoms. The maximum absolute atomic E-state index is 11.5. The Bertz CT molecular complexity index is 299. The topological polar surface area (TPSA) is 142 Å². The fourth-order valence-corrected chi connectivity index (χ4v) is 1.16. The van der Waals surface area contributed by atoms with Gasteiger partial charge in [-0.1, -0.05) is 0 Å². The molecule has 2 atom stereocenters. The summed E-state index contributed by atoms with van der Waals surface area (Å²) in [6.45, 7) is -1.04. The molecule has 2 unspecified atom stereocenters. The van der Waals surface area contributed by atoms with Crippen molar-refractivity contribution in [1.29, 1.82) is 0 Å². The number of aliphatic hydroxyl groups excluding tert-OH is 1. The number of thiol groups is 1. The van der Waals surface area contributed by atoms with Crippen molar-refractivity contribution >= 4 is 30.4 Å². The SMILES string of the molecule is NCC(=O)NC(CS)C(=O)NC(CO)C(=O)O. The molecule has 0 heterocycles. The van der Waals surface area contributed by atoms with Crippen LogP contribution < -0.4 is 16.4 Å². The number of amides is 2. The summed E-state index contributed by atoms with van der Waals surface area (Å²) in [6.07, 6.45) is 0. The number of aliphatic carboxylic acids is 1. The Hall–Kier alpha value is -1.32. The first kappa shape index (κ1) is 15.7. The fraction of sp³-hybridized carbons (Fsp3) is 0.625. The molecule has 17 heavy (non-hydrogen) atoms. The van der Waals surface area contributed by atoms with E-state index in [4.69, 9.17) is 15.9 Å². The number of carboxylic acid groups (broad SMARTS) is 1. The van der Waals surface area contributed by atoms with Crippen LogP contribution >= 0.6 is 12.6 Å². The summed E-state index contributed by atoms with van der Waals surface area (Å²) in [6, 6.07) is -2.41.